The molecular formula is C11H16ClNO2. The van der Waals surface area contributed by atoms with Gasteiger partial charge in [0.05, 0.1) is 19.2 Å². The zero-order valence-corrected chi connectivity index (χ0v) is 9.97. The van der Waals surface area contributed by atoms with E-state index in [-0.39, 0.29) is 6.04 Å². The van der Waals surface area contributed by atoms with Crippen LogP contribution in [0.2, 0.25) is 5.02 Å². The molecule has 4 heteroatoms. The van der Waals surface area contributed by atoms with Crippen LogP contribution in [0.4, 0.5) is 0 Å². The van der Waals surface area contributed by atoms with Crippen LogP contribution < -0.4 is 15.2 Å². The van der Waals surface area contributed by atoms with E-state index in [1.165, 1.54) is 0 Å². The van der Waals surface area contributed by atoms with Crippen LogP contribution in [-0.2, 0) is 6.42 Å². The van der Waals surface area contributed by atoms with Crippen LogP contribution in [-0.4, -0.2) is 20.3 Å². The van der Waals surface area contributed by atoms with E-state index in [0.717, 1.165) is 11.3 Å². The van der Waals surface area contributed by atoms with Crippen molar-refractivity contribution in [3.8, 4) is 11.5 Å². The number of nitrogens with two attached hydrogens (primary N) is 1. The van der Waals surface area contributed by atoms with Crippen LogP contribution in [0, 0.1) is 0 Å². The van der Waals surface area contributed by atoms with Crippen molar-refractivity contribution in [3.63, 3.8) is 0 Å². The minimum absolute atomic E-state index is 0.0310. The second-order valence-electron chi connectivity index (χ2n) is 3.44. The van der Waals surface area contributed by atoms with Crippen molar-refractivity contribution in [2.75, 3.05) is 14.2 Å². The molecule has 0 amide bonds. The molecule has 0 saturated carbocycles. The number of hydrogen-bond donors (Lipinski definition) is 1. The van der Waals surface area contributed by atoms with Gasteiger partial charge in [0.2, 0.25) is 0 Å². The van der Waals surface area contributed by atoms with Crippen LogP contribution in [0.1, 0.15) is 12.5 Å². The third-order valence-electron chi connectivity index (χ3n) is 2.13. The van der Waals surface area contributed by atoms with Gasteiger partial charge in [0.1, 0.15) is 11.5 Å². The monoisotopic (exact) mass is 229 g/mol. The van der Waals surface area contributed by atoms with Gasteiger partial charge in [-0.1, -0.05) is 11.6 Å². The zero-order chi connectivity index (χ0) is 11.4. The smallest absolute Gasteiger partial charge is 0.138 e. The molecule has 0 radical (unpaired) electrons. The van der Waals surface area contributed by atoms with Gasteiger partial charge in [0.25, 0.3) is 0 Å². The minimum atomic E-state index is 0.0310. The van der Waals surface area contributed by atoms with E-state index in [1.54, 1.807) is 20.3 Å². The van der Waals surface area contributed by atoms with Crippen LogP contribution in [0.15, 0.2) is 12.1 Å². The number of halogens is 1. The largest absolute Gasteiger partial charge is 0.496 e. The van der Waals surface area contributed by atoms with Crippen LogP contribution in [0.5, 0.6) is 11.5 Å². The molecule has 0 aliphatic rings. The summed E-state index contributed by atoms with van der Waals surface area (Å²) in [4.78, 5) is 0. The normalized spacial score (nSPS) is 12.3. The maximum atomic E-state index is 6.18. The summed E-state index contributed by atoms with van der Waals surface area (Å²) in [7, 11) is 3.20. The highest BCUT2D eigenvalue weighted by molar-refractivity contribution is 6.33. The third kappa shape index (κ3) is 2.76. The van der Waals surface area contributed by atoms with E-state index in [1.807, 2.05) is 13.0 Å². The maximum Gasteiger partial charge on any atom is 0.138 e. The summed E-state index contributed by atoms with van der Waals surface area (Å²) in [5, 5.41) is 0.578. The highest BCUT2D eigenvalue weighted by atomic mass is 35.5. The first-order chi connectivity index (χ1) is 7.10. The molecule has 2 N–H and O–H groups in total. The predicted octanol–water partition coefficient (Wildman–Crippen LogP) is 2.25. The van der Waals surface area contributed by atoms with Crippen LogP contribution in [0.25, 0.3) is 0 Å². The summed E-state index contributed by atoms with van der Waals surface area (Å²) in [6, 6.07) is 3.65. The molecule has 0 heterocycles. The molecule has 1 rings (SSSR count). The molecule has 1 unspecified atom stereocenters. The van der Waals surface area contributed by atoms with Gasteiger partial charge >= 0.3 is 0 Å². The number of methoxy groups -OCH3 is 2. The molecule has 0 fully saturated rings. The Hall–Kier alpha value is -0.930. The van der Waals surface area contributed by atoms with Gasteiger partial charge in [-0.3, -0.25) is 0 Å². The van der Waals surface area contributed by atoms with Gasteiger partial charge < -0.3 is 15.2 Å². The van der Waals surface area contributed by atoms with E-state index in [0.29, 0.717) is 17.2 Å². The molecule has 0 aliphatic carbocycles. The maximum absolute atomic E-state index is 6.18. The van der Waals surface area contributed by atoms with E-state index in [4.69, 9.17) is 26.8 Å². The number of hydrogen-bond acceptors (Lipinski definition) is 3. The molecule has 0 aromatic heterocycles. The first kappa shape index (κ1) is 12.1. The first-order valence-corrected chi connectivity index (χ1v) is 5.12. The molecule has 1 aromatic carbocycles. The second-order valence-corrected chi connectivity index (χ2v) is 3.82. The Bertz CT molecular complexity index is 340. The number of benzene rings is 1. The Morgan fingerprint density at radius 2 is 1.80 bits per heavy atom. The summed E-state index contributed by atoms with van der Waals surface area (Å²) in [6.07, 6.45) is 0.666. The lowest BCUT2D eigenvalue weighted by Crippen LogP contribution is -2.18. The van der Waals surface area contributed by atoms with Gasteiger partial charge in [-0.25, -0.2) is 0 Å². The standard InChI is InChI=1S/C11H16ClNO2/c1-7(13)6-8-9(14-2)4-5-10(15-3)11(8)12/h4-5,7H,6,13H2,1-3H3. The Labute approximate surface area is 95.1 Å². The van der Waals surface area contributed by atoms with Crippen molar-refractivity contribution < 1.29 is 9.47 Å². The quantitative estimate of drug-likeness (QED) is 0.861. The topological polar surface area (TPSA) is 44.5 Å². The molecular weight excluding hydrogens is 214 g/mol. The second kappa shape index (κ2) is 5.24. The Balaban J connectivity index is 3.16. The fourth-order valence-electron chi connectivity index (χ4n) is 1.44. The fourth-order valence-corrected chi connectivity index (χ4v) is 1.75. The van der Waals surface area contributed by atoms with Crippen molar-refractivity contribution in [2.45, 2.75) is 19.4 Å². The number of rotatable bonds is 4. The third-order valence-corrected chi connectivity index (χ3v) is 2.55. The molecule has 84 valence electrons. The molecule has 0 bridgehead atoms. The molecule has 1 atom stereocenters. The molecule has 0 saturated heterocycles. The molecule has 0 spiro atoms. The number of ether oxygens (including phenoxy) is 2. The van der Waals surface area contributed by atoms with Gasteiger partial charge in [-0.05, 0) is 25.5 Å². The minimum Gasteiger partial charge on any atom is -0.496 e. The fraction of sp³-hybridized carbons (Fsp3) is 0.455. The Morgan fingerprint density at radius 1 is 1.27 bits per heavy atom. The first-order valence-electron chi connectivity index (χ1n) is 4.75. The van der Waals surface area contributed by atoms with Gasteiger partial charge in [0.15, 0.2) is 0 Å². The average Bonchev–Trinajstić information content (AvgIpc) is 2.20. The van der Waals surface area contributed by atoms with Crippen molar-refractivity contribution in [3.05, 3.63) is 22.7 Å². The van der Waals surface area contributed by atoms with Gasteiger partial charge in [-0.2, -0.15) is 0 Å². The van der Waals surface area contributed by atoms with Crippen LogP contribution >= 0.6 is 11.6 Å². The predicted molar refractivity (Wildman–Crippen MR) is 61.9 cm³/mol. The van der Waals surface area contributed by atoms with Crippen molar-refractivity contribution in [1.29, 1.82) is 0 Å². The Morgan fingerprint density at radius 3 is 2.27 bits per heavy atom. The lowest BCUT2D eigenvalue weighted by atomic mass is 10.1. The lowest BCUT2D eigenvalue weighted by Gasteiger charge is -2.14. The van der Waals surface area contributed by atoms with E-state index in [9.17, 15) is 0 Å². The van der Waals surface area contributed by atoms with Crippen molar-refractivity contribution in [2.24, 2.45) is 5.73 Å². The summed E-state index contributed by atoms with van der Waals surface area (Å²) in [5.41, 5.74) is 6.65. The summed E-state index contributed by atoms with van der Waals surface area (Å²) in [6.45, 7) is 1.93. The van der Waals surface area contributed by atoms with Crippen molar-refractivity contribution in [1.82, 2.24) is 0 Å². The lowest BCUT2D eigenvalue weighted by molar-refractivity contribution is 0.398. The SMILES string of the molecule is COc1ccc(OC)c(CC(C)N)c1Cl. The molecule has 3 nitrogen and oxygen atoms in total. The summed E-state index contributed by atoms with van der Waals surface area (Å²) >= 11 is 6.18. The average molecular weight is 230 g/mol. The zero-order valence-electron chi connectivity index (χ0n) is 9.21. The molecule has 1 aromatic rings. The van der Waals surface area contributed by atoms with Gasteiger partial charge in [0, 0.05) is 11.6 Å². The molecule has 0 aliphatic heterocycles. The van der Waals surface area contributed by atoms with E-state index >= 15 is 0 Å². The van der Waals surface area contributed by atoms with Gasteiger partial charge in [-0.15, -0.1) is 0 Å². The summed E-state index contributed by atoms with van der Waals surface area (Å²) in [5.74, 6) is 1.39. The Kier molecular flexibility index (Phi) is 4.24. The van der Waals surface area contributed by atoms with E-state index in [2.05, 4.69) is 0 Å². The molecule has 15 heavy (non-hydrogen) atoms. The highest BCUT2D eigenvalue weighted by Crippen LogP contribution is 2.35. The van der Waals surface area contributed by atoms with Crippen molar-refractivity contribution >= 4 is 11.6 Å². The van der Waals surface area contributed by atoms with E-state index < -0.39 is 0 Å². The van der Waals surface area contributed by atoms with Crippen LogP contribution in [0.3, 0.4) is 0 Å². The summed E-state index contributed by atoms with van der Waals surface area (Å²) < 4.78 is 10.4. The highest BCUT2D eigenvalue weighted by Gasteiger charge is 2.14.